The van der Waals surface area contributed by atoms with Crippen LogP contribution in [0.15, 0.2) is 12.1 Å². The van der Waals surface area contributed by atoms with E-state index < -0.39 is 0 Å². The van der Waals surface area contributed by atoms with Gasteiger partial charge in [-0.1, -0.05) is 11.6 Å². The van der Waals surface area contributed by atoms with E-state index in [2.05, 4.69) is 10.1 Å². The Kier molecular flexibility index (Phi) is 8.12. The maximum atomic E-state index is 11.9. The average Bonchev–Trinajstić information content (AvgIpc) is 2.49. The summed E-state index contributed by atoms with van der Waals surface area (Å²) in [6.07, 6.45) is 1.06. The number of amides is 1. The molecule has 1 aromatic rings. The van der Waals surface area contributed by atoms with Crippen LogP contribution in [0.25, 0.3) is 0 Å². The Hall–Kier alpha value is -1.40. The number of hydrogen-bond acceptors (Lipinski definition) is 5. The van der Waals surface area contributed by atoms with Gasteiger partial charge in [0, 0.05) is 17.5 Å². The molecular weight excluding hydrogens is 326 g/mol. The van der Waals surface area contributed by atoms with Crippen LogP contribution in [0.3, 0.4) is 0 Å². The molecule has 0 bridgehead atoms. The number of carbonyl (C=O) groups excluding carboxylic acids is 2. The molecule has 0 aromatic heterocycles. The molecule has 0 heterocycles. The SMILES string of the molecule is COC(=O)CCCSCC(=O)Nc1cc(C)c(Cl)cc1OC. The first-order chi connectivity index (χ1) is 10.5. The fourth-order valence-electron chi connectivity index (χ4n) is 1.70. The van der Waals surface area contributed by atoms with E-state index in [9.17, 15) is 9.59 Å². The minimum absolute atomic E-state index is 0.122. The molecule has 22 heavy (non-hydrogen) atoms. The summed E-state index contributed by atoms with van der Waals surface area (Å²) in [5, 5.41) is 3.40. The van der Waals surface area contributed by atoms with E-state index in [0.717, 1.165) is 11.3 Å². The standard InChI is InChI=1S/C15H20ClNO4S/c1-10-7-12(13(20-2)8-11(10)16)17-14(18)9-22-6-4-5-15(19)21-3/h7-8H,4-6,9H2,1-3H3,(H,17,18). The number of carbonyl (C=O) groups is 2. The molecule has 1 aromatic carbocycles. The smallest absolute Gasteiger partial charge is 0.305 e. The summed E-state index contributed by atoms with van der Waals surface area (Å²) in [6, 6.07) is 3.46. The van der Waals surface area contributed by atoms with Gasteiger partial charge in [-0.15, -0.1) is 0 Å². The van der Waals surface area contributed by atoms with Gasteiger partial charge in [-0.2, -0.15) is 11.8 Å². The largest absolute Gasteiger partial charge is 0.495 e. The molecule has 0 fully saturated rings. The van der Waals surface area contributed by atoms with Crippen molar-refractivity contribution < 1.29 is 19.1 Å². The molecule has 0 aliphatic heterocycles. The number of halogens is 1. The number of aryl methyl sites for hydroxylation is 1. The Morgan fingerprint density at radius 2 is 2.05 bits per heavy atom. The molecule has 5 nitrogen and oxygen atoms in total. The molecule has 0 radical (unpaired) electrons. The Morgan fingerprint density at radius 1 is 1.32 bits per heavy atom. The highest BCUT2D eigenvalue weighted by atomic mass is 35.5. The van der Waals surface area contributed by atoms with Gasteiger partial charge >= 0.3 is 5.97 Å². The highest BCUT2D eigenvalue weighted by Gasteiger charge is 2.10. The molecule has 0 aliphatic carbocycles. The van der Waals surface area contributed by atoms with Gasteiger partial charge in [0.05, 0.1) is 25.7 Å². The van der Waals surface area contributed by atoms with Gasteiger partial charge in [0.1, 0.15) is 5.75 Å². The molecule has 1 amide bonds. The number of ether oxygens (including phenoxy) is 2. The maximum Gasteiger partial charge on any atom is 0.305 e. The highest BCUT2D eigenvalue weighted by molar-refractivity contribution is 7.99. The first-order valence-corrected chi connectivity index (χ1v) is 8.29. The second kappa shape index (κ2) is 9.58. The maximum absolute atomic E-state index is 11.9. The monoisotopic (exact) mass is 345 g/mol. The fourth-order valence-corrected chi connectivity index (χ4v) is 2.61. The molecule has 0 aliphatic rings. The van der Waals surface area contributed by atoms with Crippen LogP contribution >= 0.6 is 23.4 Å². The fraction of sp³-hybridized carbons (Fsp3) is 0.467. The van der Waals surface area contributed by atoms with Crippen molar-refractivity contribution in [3.05, 3.63) is 22.7 Å². The lowest BCUT2D eigenvalue weighted by Gasteiger charge is -2.12. The number of benzene rings is 1. The van der Waals surface area contributed by atoms with Crippen molar-refractivity contribution in [2.45, 2.75) is 19.8 Å². The van der Waals surface area contributed by atoms with Crippen molar-refractivity contribution in [1.82, 2.24) is 0 Å². The molecule has 0 spiro atoms. The second-order valence-corrected chi connectivity index (χ2v) is 6.09. The third-order valence-electron chi connectivity index (χ3n) is 2.89. The zero-order chi connectivity index (χ0) is 16.5. The third kappa shape index (κ3) is 6.15. The molecule has 7 heteroatoms. The van der Waals surface area contributed by atoms with Crippen molar-refractivity contribution in [2.24, 2.45) is 0 Å². The molecule has 0 atom stereocenters. The Balaban J connectivity index is 2.42. The highest BCUT2D eigenvalue weighted by Crippen LogP contribution is 2.31. The van der Waals surface area contributed by atoms with Gasteiger partial charge in [0.15, 0.2) is 0 Å². The number of hydrogen-bond donors (Lipinski definition) is 1. The van der Waals surface area contributed by atoms with Gasteiger partial charge in [0.2, 0.25) is 5.91 Å². The minimum atomic E-state index is -0.230. The van der Waals surface area contributed by atoms with E-state index in [1.165, 1.54) is 26.0 Å². The van der Waals surface area contributed by atoms with Crippen molar-refractivity contribution in [1.29, 1.82) is 0 Å². The van der Waals surface area contributed by atoms with E-state index in [-0.39, 0.29) is 11.9 Å². The van der Waals surface area contributed by atoms with Crippen molar-refractivity contribution in [3.63, 3.8) is 0 Å². The number of methoxy groups -OCH3 is 2. The van der Waals surface area contributed by atoms with E-state index in [1.54, 1.807) is 12.1 Å². The quantitative estimate of drug-likeness (QED) is 0.578. The number of rotatable bonds is 8. The van der Waals surface area contributed by atoms with Crippen molar-refractivity contribution >= 4 is 40.9 Å². The first kappa shape index (κ1) is 18.6. The summed E-state index contributed by atoms with van der Waals surface area (Å²) in [7, 11) is 2.89. The lowest BCUT2D eigenvalue weighted by molar-refractivity contribution is -0.140. The Bertz CT molecular complexity index is 537. The van der Waals surface area contributed by atoms with E-state index in [1.807, 2.05) is 6.92 Å². The van der Waals surface area contributed by atoms with Gasteiger partial charge in [-0.25, -0.2) is 0 Å². The van der Waals surface area contributed by atoms with Gasteiger partial charge in [-0.3, -0.25) is 9.59 Å². The van der Waals surface area contributed by atoms with Crippen LogP contribution in [0.4, 0.5) is 5.69 Å². The summed E-state index contributed by atoms with van der Waals surface area (Å²) >= 11 is 7.49. The van der Waals surface area contributed by atoms with Crippen LogP contribution in [0.1, 0.15) is 18.4 Å². The van der Waals surface area contributed by atoms with Crippen LogP contribution in [0.5, 0.6) is 5.75 Å². The lowest BCUT2D eigenvalue weighted by atomic mass is 10.2. The molecule has 1 N–H and O–H groups in total. The molecule has 0 saturated heterocycles. The number of anilines is 1. The van der Waals surface area contributed by atoms with Crippen molar-refractivity contribution in [3.8, 4) is 5.75 Å². The van der Waals surface area contributed by atoms with Crippen LogP contribution in [0.2, 0.25) is 5.02 Å². The van der Waals surface area contributed by atoms with Gasteiger partial charge < -0.3 is 14.8 Å². The van der Waals surface area contributed by atoms with Crippen molar-refractivity contribution in [2.75, 3.05) is 31.0 Å². The molecule has 0 saturated carbocycles. The average molecular weight is 346 g/mol. The summed E-state index contributed by atoms with van der Waals surface area (Å²) in [5.41, 5.74) is 1.47. The summed E-state index contributed by atoms with van der Waals surface area (Å²) in [4.78, 5) is 22.9. The minimum Gasteiger partial charge on any atom is -0.495 e. The van der Waals surface area contributed by atoms with E-state index in [0.29, 0.717) is 35.1 Å². The van der Waals surface area contributed by atoms with Crippen LogP contribution < -0.4 is 10.1 Å². The zero-order valence-corrected chi connectivity index (χ0v) is 14.5. The Morgan fingerprint density at radius 3 is 2.68 bits per heavy atom. The van der Waals surface area contributed by atoms with Crippen LogP contribution in [-0.4, -0.2) is 37.6 Å². The Labute approximate surface area is 139 Å². The zero-order valence-electron chi connectivity index (χ0n) is 12.9. The number of nitrogens with one attached hydrogen (secondary N) is 1. The normalized spacial score (nSPS) is 10.2. The topological polar surface area (TPSA) is 64.6 Å². The van der Waals surface area contributed by atoms with Gasteiger partial charge in [0.25, 0.3) is 0 Å². The number of thioether (sulfide) groups is 1. The molecule has 0 unspecified atom stereocenters. The van der Waals surface area contributed by atoms with Crippen LogP contribution in [0, 0.1) is 6.92 Å². The lowest BCUT2D eigenvalue weighted by Crippen LogP contribution is -2.15. The summed E-state index contributed by atoms with van der Waals surface area (Å²) in [5.74, 6) is 1.21. The second-order valence-electron chi connectivity index (χ2n) is 4.58. The predicted octanol–water partition coefficient (Wildman–Crippen LogP) is 3.28. The van der Waals surface area contributed by atoms with Gasteiger partial charge in [-0.05, 0) is 30.7 Å². The molecule has 122 valence electrons. The first-order valence-electron chi connectivity index (χ1n) is 6.76. The molecular formula is C15H20ClNO4S. The summed E-state index contributed by atoms with van der Waals surface area (Å²) < 4.78 is 9.76. The molecule has 1 rings (SSSR count). The van der Waals surface area contributed by atoms with E-state index in [4.69, 9.17) is 16.3 Å². The summed E-state index contributed by atoms with van der Waals surface area (Å²) in [6.45, 7) is 1.86. The van der Waals surface area contributed by atoms with Crippen LogP contribution in [-0.2, 0) is 14.3 Å². The van der Waals surface area contributed by atoms with E-state index >= 15 is 0 Å². The number of esters is 1. The predicted molar refractivity (Wildman–Crippen MR) is 89.9 cm³/mol. The third-order valence-corrected chi connectivity index (χ3v) is 4.34.